The number of imidazole rings is 1. The summed E-state index contributed by atoms with van der Waals surface area (Å²) in [4.78, 5) is 16.6. The molecule has 2 N–H and O–H groups in total. The van der Waals surface area contributed by atoms with Crippen LogP contribution < -0.4 is 10.6 Å². The summed E-state index contributed by atoms with van der Waals surface area (Å²) in [6, 6.07) is -0.105. The van der Waals surface area contributed by atoms with E-state index in [2.05, 4.69) is 15.6 Å². The number of nitrogens with one attached hydrogen (secondary N) is 2. The first kappa shape index (κ1) is 15.3. The van der Waals surface area contributed by atoms with Crippen LogP contribution >= 0.6 is 0 Å². The zero-order valence-electron chi connectivity index (χ0n) is 13.1. The molecule has 1 unspecified atom stereocenters. The van der Waals surface area contributed by atoms with E-state index in [1.54, 1.807) is 13.3 Å². The topological polar surface area (TPSA) is 77.4 Å². The van der Waals surface area contributed by atoms with Gasteiger partial charge in [-0.2, -0.15) is 0 Å². The Morgan fingerprint density at radius 2 is 2.36 bits per heavy atom. The van der Waals surface area contributed by atoms with E-state index in [1.807, 2.05) is 17.8 Å². The predicted octanol–water partition coefficient (Wildman–Crippen LogP) is 0.974. The van der Waals surface area contributed by atoms with Crippen LogP contribution in [-0.4, -0.2) is 48.0 Å². The van der Waals surface area contributed by atoms with Gasteiger partial charge in [-0.05, 0) is 25.2 Å². The summed E-state index contributed by atoms with van der Waals surface area (Å²) in [5.74, 6) is 1.40. The van der Waals surface area contributed by atoms with Gasteiger partial charge < -0.3 is 24.7 Å². The Hall–Kier alpha value is -1.60. The van der Waals surface area contributed by atoms with Crippen molar-refractivity contribution in [1.29, 1.82) is 0 Å². The maximum Gasteiger partial charge on any atom is 0.315 e. The molecule has 7 heteroatoms. The summed E-state index contributed by atoms with van der Waals surface area (Å²) < 4.78 is 12.9. The smallest absolute Gasteiger partial charge is 0.315 e. The summed E-state index contributed by atoms with van der Waals surface area (Å²) in [5, 5.41) is 6.06. The van der Waals surface area contributed by atoms with Gasteiger partial charge >= 0.3 is 6.03 Å². The second-order valence-corrected chi connectivity index (χ2v) is 6.10. The molecule has 2 fully saturated rings. The van der Waals surface area contributed by atoms with Gasteiger partial charge in [0.1, 0.15) is 11.9 Å². The van der Waals surface area contributed by atoms with Crippen molar-refractivity contribution < 1.29 is 14.3 Å². The van der Waals surface area contributed by atoms with Crippen molar-refractivity contribution in [1.82, 2.24) is 20.2 Å². The standard InChI is InChI=1S/C15H24N4O3/c1-19-7-6-16-14(19)13-11(5-8-22-13)17-15(20)18-12(9-21-2)10-3-4-10/h6-7,10-13H,3-5,8-9H2,1-2H3,(H2,17,18,20)/t11-,12?,13-/m0/s1. The zero-order chi connectivity index (χ0) is 15.5. The summed E-state index contributed by atoms with van der Waals surface area (Å²) in [6.07, 6.45) is 6.57. The Morgan fingerprint density at radius 1 is 1.55 bits per heavy atom. The van der Waals surface area contributed by atoms with Gasteiger partial charge in [-0.15, -0.1) is 0 Å². The lowest BCUT2D eigenvalue weighted by atomic mass is 10.1. The van der Waals surface area contributed by atoms with E-state index in [4.69, 9.17) is 9.47 Å². The van der Waals surface area contributed by atoms with Gasteiger partial charge in [0.15, 0.2) is 0 Å². The van der Waals surface area contributed by atoms with Gasteiger partial charge in [0.2, 0.25) is 0 Å². The molecule has 0 aromatic carbocycles. The summed E-state index contributed by atoms with van der Waals surface area (Å²) in [7, 11) is 3.60. The van der Waals surface area contributed by atoms with Crippen LogP contribution in [0.3, 0.4) is 0 Å². The number of carbonyl (C=O) groups is 1. The maximum atomic E-state index is 12.3. The van der Waals surface area contributed by atoms with Crippen molar-refractivity contribution in [2.75, 3.05) is 20.3 Å². The van der Waals surface area contributed by atoms with Crippen LogP contribution in [0.2, 0.25) is 0 Å². The molecule has 22 heavy (non-hydrogen) atoms. The third-order valence-electron chi connectivity index (χ3n) is 4.37. The average Bonchev–Trinajstić information content (AvgIpc) is 3.11. The Labute approximate surface area is 130 Å². The molecule has 3 rings (SSSR count). The van der Waals surface area contributed by atoms with Crippen LogP contribution in [-0.2, 0) is 16.5 Å². The first-order valence-electron chi connectivity index (χ1n) is 7.84. The minimum Gasteiger partial charge on any atom is -0.383 e. The van der Waals surface area contributed by atoms with Gasteiger partial charge in [0.25, 0.3) is 0 Å². The lowest BCUT2D eigenvalue weighted by Crippen LogP contribution is -2.49. The molecule has 0 spiro atoms. The fourth-order valence-corrected chi connectivity index (χ4v) is 3.00. The molecule has 2 amide bonds. The molecule has 0 radical (unpaired) electrons. The van der Waals surface area contributed by atoms with Crippen LogP contribution in [0.25, 0.3) is 0 Å². The fraction of sp³-hybridized carbons (Fsp3) is 0.733. The van der Waals surface area contributed by atoms with Crippen molar-refractivity contribution >= 4 is 6.03 Å². The Balaban J connectivity index is 1.57. The van der Waals surface area contributed by atoms with Crippen LogP contribution in [0, 0.1) is 5.92 Å². The van der Waals surface area contributed by atoms with Gasteiger partial charge in [0.05, 0.1) is 18.7 Å². The minimum atomic E-state index is -0.187. The van der Waals surface area contributed by atoms with Crippen molar-refractivity contribution in [2.24, 2.45) is 13.0 Å². The Morgan fingerprint density at radius 3 is 3.00 bits per heavy atom. The second kappa shape index (κ2) is 6.66. The molecule has 7 nitrogen and oxygen atoms in total. The Kier molecular flexibility index (Phi) is 4.63. The molecule has 1 aliphatic carbocycles. The van der Waals surface area contributed by atoms with E-state index < -0.39 is 0 Å². The highest BCUT2D eigenvalue weighted by Gasteiger charge is 2.36. The number of methoxy groups -OCH3 is 1. The highest BCUT2D eigenvalue weighted by molar-refractivity contribution is 5.74. The fourth-order valence-electron chi connectivity index (χ4n) is 3.00. The molecule has 3 atom stereocenters. The van der Waals surface area contributed by atoms with Crippen LogP contribution in [0.15, 0.2) is 12.4 Å². The third kappa shape index (κ3) is 3.41. The summed E-state index contributed by atoms with van der Waals surface area (Å²) in [5.41, 5.74) is 0. The second-order valence-electron chi connectivity index (χ2n) is 6.10. The molecule has 2 heterocycles. The highest BCUT2D eigenvalue weighted by Crippen LogP contribution is 2.33. The van der Waals surface area contributed by atoms with E-state index >= 15 is 0 Å². The SMILES string of the molecule is COCC(NC(=O)N[C@H]1CCO[C@@H]1c1nccn1C)C1CC1. The number of carbonyl (C=O) groups excluding carboxylic acids is 1. The molecule has 0 bridgehead atoms. The maximum absolute atomic E-state index is 12.3. The highest BCUT2D eigenvalue weighted by atomic mass is 16.5. The third-order valence-corrected chi connectivity index (χ3v) is 4.37. The molecular weight excluding hydrogens is 284 g/mol. The molecule has 1 aromatic rings. The minimum absolute atomic E-state index is 0.0523. The molecule has 2 aliphatic rings. The number of aryl methyl sites for hydroxylation is 1. The van der Waals surface area contributed by atoms with Crippen molar-refractivity contribution in [3.8, 4) is 0 Å². The van der Waals surface area contributed by atoms with Crippen molar-refractivity contribution in [2.45, 2.75) is 37.5 Å². The molecular formula is C15H24N4O3. The van der Waals surface area contributed by atoms with Crippen molar-refractivity contribution in [3.05, 3.63) is 18.2 Å². The Bertz CT molecular complexity index is 515. The number of hydrogen-bond acceptors (Lipinski definition) is 4. The first-order chi connectivity index (χ1) is 10.7. The molecule has 1 aliphatic heterocycles. The zero-order valence-corrected chi connectivity index (χ0v) is 13.1. The molecule has 1 saturated heterocycles. The van der Waals surface area contributed by atoms with Crippen LogP contribution in [0.1, 0.15) is 31.2 Å². The number of amides is 2. The van der Waals surface area contributed by atoms with Gasteiger partial charge in [0, 0.05) is 33.2 Å². The summed E-state index contributed by atoms with van der Waals surface area (Å²) in [6.45, 7) is 1.19. The number of ether oxygens (including phenoxy) is 2. The number of aromatic nitrogens is 2. The average molecular weight is 308 g/mol. The van der Waals surface area contributed by atoms with Crippen LogP contribution in [0.5, 0.6) is 0 Å². The molecule has 1 saturated carbocycles. The number of urea groups is 1. The predicted molar refractivity (Wildman–Crippen MR) is 80.4 cm³/mol. The molecule has 1 aromatic heterocycles. The monoisotopic (exact) mass is 308 g/mol. The van der Waals surface area contributed by atoms with E-state index in [1.165, 1.54) is 0 Å². The number of rotatable bonds is 6. The van der Waals surface area contributed by atoms with E-state index in [0.717, 1.165) is 25.1 Å². The number of hydrogen-bond donors (Lipinski definition) is 2. The van der Waals surface area contributed by atoms with Gasteiger partial charge in [-0.3, -0.25) is 0 Å². The van der Waals surface area contributed by atoms with E-state index in [-0.39, 0.29) is 24.2 Å². The van der Waals surface area contributed by atoms with E-state index in [0.29, 0.717) is 19.1 Å². The largest absolute Gasteiger partial charge is 0.383 e. The lowest BCUT2D eigenvalue weighted by Gasteiger charge is -2.22. The summed E-state index contributed by atoms with van der Waals surface area (Å²) >= 11 is 0. The quantitative estimate of drug-likeness (QED) is 0.821. The first-order valence-corrected chi connectivity index (χ1v) is 7.84. The van der Waals surface area contributed by atoms with Gasteiger partial charge in [-0.25, -0.2) is 9.78 Å². The van der Waals surface area contributed by atoms with Crippen LogP contribution in [0.4, 0.5) is 4.79 Å². The lowest BCUT2D eigenvalue weighted by molar-refractivity contribution is 0.0903. The number of nitrogens with zero attached hydrogens (tertiary/aromatic N) is 2. The normalized spacial score (nSPS) is 25.9. The van der Waals surface area contributed by atoms with E-state index in [9.17, 15) is 4.79 Å². The van der Waals surface area contributed by atoms with Crippen molar-refractivity contribution in [3.63, 3.8) is 0 Å². The van der Waals surface area contributed by atoms with Gasteiger partial charge in [-0.1, -0.05) is 0 Å². The molecule has 122 valence electrons.